The molecule has 18 heteroatoms. The molecule has 358 valence electrons. The minimum atomic E-state index is -0.893. The van der Waals surface area contributed by atoms with Gasteiger partial charge in [0, 0.05) is 83.1 Å². The van der Waals surface area contributed by atoms with Gasteiger partial charge in [-0.3, -0.25) is 19.2 Å². The second kappa shape index (κ2) is 20.1. The third-order valence-electron chi connectivity index (χ3n) is 14.6. The van der Waals surface area contributed by atoms with Crippen molar-refractivity contribution in [2.45, 2.75) is 142 Å². The van der Waals surface area contributed by atoms with E-state index in [1.165, 1.54) is 4.90 Å². The highest BCUT2D eigenvalue weighted by Gasteiger charge is 2.51. The lowest BCUT2D eigenvalue weighted by Crippen LogP contribution is -2.57. The molecule has 2 aliphatic carbocycles. The molecule has 4 amide bonds. The van der Waals surface area contributed by atoms with E-state index in [1.54, 1.807) is 11.3 Å². The van der Waals surface area contributed by atoms with Crippen molar-refractivity contribution >= 4 is 52.8 Å². The van der Waals surface area contributed by atoms with Crippen LogP contribution in [-0.2, 0) is 25.7 Å². The minimum Gasteiger partial charge on any atom is -0.396 e. The second-order valence-electron chi connectivity index (χ2n) is 20.5. The Labute approximate surface area is 392 Å². The molecule has 66 heavy (non-hydrogen) atoms. The summed E-state index contributed by atoms with van der Waals surface area (Å²) in [5, 5.41) is 30.2. The first-order valence-electron chi connectivity index (χ1n) is 24.0. The van der Waals surface area contributed by atoms with Crippen LogP contribution in [0.2, 0.25) is 0 Å². The zero-order chi connectivity index (χ0) is 46.8. The summed E-state index contributed by atoms with van der Waals surface area (Å²) in [7, 11) is 1.91. The first kappa shape index (κ1) is 47.5. The largest absolute Gasteiger partial charge is 0.396 e. The van der Waals surface area contributed by atoms with Crippen molar-refractivity contribution < 1.29 is 29.4 Å². The number of hydrogen-bond donors (Lipinski definition) is 5. The van der Waals surface area contributed by atoms with Gasteiger partial charge >= 0.3 is 0 Å². The Morgan fingerprint density at radius 1 is 0.955 bits per heavy atom. The average Bonchev–Trinajstić information content (AvgIpc) is 3.58. The summed E-state index contributed by atoms with van der Waals surface area (Å²) in [4.78, 5) is 82.2. The summed E-state index contributed by atoms with van der Waals surface area (Å²) < 4.78 is 0. The fraction of sp³-hybridized carbons (Fsp3) is 0.667. The predicted molar refractivity (Wildman–Crippen MR) is 254 cm³/mol. The number of amides is 4. The number of thiazole rings is 1. The Morgan fingerprint density at radius 2 is 1.70 bits per heavy atom. The van der Waals surface area contributed by atoms with Gasteiger partial charge in [-0.2, -0.15) is 15.0 Å². The molecule has 5 N–H and O–H groups in total. The van der Waals surface area contributed by atoms with Gasteiger partial charge in [0.05, 0.1) is 28.8 Å². The molecule has 1 aromatic carbocycles. The van der Waals surface area contributed by atoms with Crippen molar-refractivity contribution in [2.75, 3.05) is 61.1 Å². The van der Waals surface area contributed by atoms with Crippen LogP contribution in [0.5, 0.6) is 0 Å². The predicted octanol–water partition coefficient (Wildman–Crippen LogP) is 3.96. The van der Waals surface area contributed by atoms with E-state index in [0.717, 1.165) is 79.6 Å². The molecule has 0 bridgehead atoms. The number of carbonyl (C=O) groups excluding carboxylic acids is 4. The van der Waals surface area contributed by atoms with Gasteiger partial charge in [0.1, 0.15) is 12.1 Å². The number of carbonyl (C=O) groups is 4. The summed E-state index contributed by atoms with van der Waals surface area (Å²) >= 11 is 1.58. The Balaban J connectivity index is 0.855. The highest BCUT2D eigenvalue weighted by atomic mass is 32.1. The van der Waals surface area contributed by atoms with E-state index < -0.39 is 23.6 Å². The third kappa shape index (κ3) is 10.9. The first-order valence-corrected chi connectivity index (χ1v) is 24.9. The van der Waals surface area contributed by atoms with Crippen molar-refractivity contribution in [3.05, 3.63) is 41.0 Å². The Morgan fingerprint density at radius 3 is 2.38 bits per heavy atom. The van der Waals surface area contributed by atoms with Crippen molar-refractivity contribution in [2.24, 2.45) is 16.7 Å². The van der Waals surface area contributed by atoms with Crippen LogP contribution in [0.4, 0.5) is 17.8 Å². The van der Waals surface area contributed by atoms with Crippen LogP contribution in [0.1, 0.15) is 109 Å². The summed E-state index contributed by atoms with van der Waals surface area (Å²) in [6.45, 7) is 10.8. The van der Waals surface area contributed by atoms with Gasteiger partial charge in [-0.15, -0.1) is 11.3 Å². The summed E-state index contributed by atoms with van der Waals surface area (Å²) in [6.07, 6.45) is 8.22. The lowest BCUT2D eigenvalue weighted by atomic mass is 9.83. The van der Waals surface area contributed by atoms with Crippen LogP contribution in [0, 0.1) is 23.7 Å². The number of aromatic nitrogens is 4. The SMILES string of the molecule is Cc1ncsc1-c1ccc(CNC(=O)[C@@H]2C[C@@H](O)CN2C(=O)[C@@H](NC(=O)CCC2CCN(c3nc(N(C)CCC(=O)NC4CC4)nc(N4CC[C@@]5(CO)CCC[C@@H]45)n3)CC2)C(C)(C)C)cc1. The van der Waals surface area contributed by atoms with Crippen molar-refractivity contribution in [3.63, 3.8) is 0 Å². The second-order valence-corrected chi connectivity index (χ2v) is 21.4. The molecule has 8 rings (SSSR count). The van der Waals surface area contributed by atoms with Crippen molar-refractivity contribution in [1.29, 1.82) is 0 Å². The number of piperidine rings is 1. The maximum atomic E-state index is 14.2. The van der Waals surface area contributed by atoms with E-state index in [0.29, 0.717) is 56.4 Å². The number of β-amino-alcohol motifs (C(OH)–C–C–N with tert-alkyl or cyclic N) is 1. The maximum absolute atomic E-state index is 14.2. The molecule has 0 radical (unpaired) electrons. The fourth-order valence-electron chi connectivity index (χ4n) is 10.4. The average molecular weight is 928 g/mol. The van der Waals surface area contributed by atoms with Gasteiger partial charge < -0.3 is 45.8 Å². The smallest absolute Gasteiger partial charge is 0.246 e. The van der Waals surface area contributed by atoms with E-state index in [4.69, 9.17) is 15.0 Å². The number of fused-ring (bicyclic) bond motifs is 1. The molecule has 2 aromatic heterocycles. The van der Waals surface area contributed by atoms with E-state index in [2.05, 4.69) is 30.7 Å². The van der Waals surface area contributed by atoms with Crippen LogP contribution < -0.4 is 30.7 Å². The van der Waals surface area contributed by atoms with Crippen molar-refractivity contribution in [3.8, 4) is 10.4 Å². The quantitative estimate of drug-likeness (QED) is 0.130. The number of nitrogens with one attached hydrogen (secondary N) is 3. The number of benzene rings is 1. The van der Waals surface area contributed by atoms with Gasteiger partial charge in [0.2, 0.25) is 41.5 Å². The van der Waals surface area contributed by atoms with E-state index in [9.17, 15) is 29.4 Å². The molecule has 2 saturated carbocycles. The molecular formula is C48H69N11O6S. The topological polar surface area (TPSA) is 209 Å². The third-order valence-corrected chi connectivity index (χ3v) is 15.6. The molecule has 3 aliphatic heterocycles. The number of anilines is 3. The van der Waals surface area contributed by atoms with Gasteiger partial charge in [-0.1, -0.05) is 51.5 Å². The molecule has 5 heterocycles. The molecular weight excluding hydrogens is 859 g/mol. The van der Waals surface area contributed by atoms with E-state index in [1.807, 2.05) is 69.4 Å². The summed E-state index contributed by atoms with van der Waals surface area (Å²) in [6, 6.07) is 6.67. The molecule has 5 atom stereocenters. The molecule has 0 unspecified atom stereocenters. The van der Waals surface area contributed by atoms with Crippen LogP contribution in [0.3, 0.4) is 0 Å². The van der Waals surface area contributed by atoms with Crippen LogP contribution in [0.25, 0.3) is 10.4 Å². The molecule has 17 nitrogen and oxygen atoms in total. The Kier molecular flexibility index (Phi) is 14.5. The number of aryl methyl sites for hydroxylation is 1. The normalized spacial score (nSPS) is 23.7. The molecule has 0 spiro atoms. The van der Waals surface area contributed by atoms with E-state index >= 15 is 0 Å². The van der Waals surface area contributed by atoms with Gasteiger partial charge in [0.15, 0.2) is 0 Å². The van der Waals surface area contributed by atoms with E-state index in [-0.39, 0.29) is 73.5 Å². The van der Waals surface area contributed by atoms with Gasteiger partial charge in [-0.05, 0) is 80.8 Å². The lowest BCUT2D eigenvalue weighted by Gasteiger charge is -2.36. The van der Waals surface area contributed by atoms with Crippen LogP contribution in [0.15, 0.2) is 29.8 Å². The Bertz CT molecular complexity index is 2210. The molecule has 5 fully saturated rings. The zero-order valence-electron chi connectivity index (χ0n) is 39.3. The monoisotopic (exact) mass is 928 g/mol. The molecule has 3 aromatic rings. The van der Waals surface area contributed by atoms with Gasteiger partial charge in [-0.25, -0.2) is 4.98 Å². The summed E-state index contributed by atoms with van der Waals surface area (Å²) in [5.74, 6) is 1.11. The molecule has 5 aliphatic rings. The summed E-state index contributed by atoms with van der Waals surface area (Å²) in [5.41, 5.74) is 3.98. The highest BCUT2D eigenvalue weighted by molar-refractivity contribution is 7.13. The standard InChI is InChI=1S/C48H69N11O6S/c1-30-40(66-29-50-30)33-11-8-32(9-12-33)26-49-42(64)36-25-35(61)27-59(36)43(65)41(47(2,3)4)52-38(62)15-10-31-16-22-57(23-17-31)45-53-44(56(5)21-18-39(63)51-34-13-14-34)54-46(55-45)58-24-20-48(28-60)19-6-7-37(48)58/h8-9,11-12,29,31,34-37,41,60-61H,6-7,10,13-28H2,1-5H3,(H,49,64)(H,51,63)(H,52,62)/t35-,36+,37-,41-,48-/m1/s1. The minimum absolute atomic E-state index is 0.0148. The number of aliphatic hydroxyl groups excluding tert-OH is 2. The van der Waals surface area contributed by atoms with Crippen LogP contribution >= 0.6 is 11.3 Å². The molecule has 3 saturated heterocycles. The number of rotatable bonds is 17. The van der Waals surface area contributed by atoms with Crippen LogP contribution in [-0.4, -0.2) is 135 Å². The number of nitrogens with zero attached hydrogens (tertiary/aromatic N) is 8. The number of hydrogen-bond acceptors (Lipinski definition) is 14. The van der Waals surface area contributed by atoms with Gasteiger partial charge in [0.25, 0.3) is 0 Å². The zero-order valence-corrected chi connectivity index (χ0v) is 40.1. The first-order chi connectivity index (χ1) is 31.6. The highest BCUT2D eigenvalue weighted by Crippen LogP contribution is 2.49. The maximum Gasteiger partial charge on any atom is 0.246 e. The fourth-order valence-corrected chi connectivity index (χ4v) is 11.2. The lowest BCUT2D eigenvalue weighted by molar-refractivity contribution is -0.144. The Hall–Kier alpha value is -4.94. The van der Waals surface area contributed by atoms with Crippen molar-refractivity contribution in [1.82, 2.24) is 40.8 Å². The number of likely N-dealkylation sites (tertiary alicyclic amines) is 1. The number of aliphatic hydroxyl groups is 2.